The number of amides is 2. The maximum absolute atomic E-state index is 12.7. The van der Waals surface area contributed by atoms with Crippen LogP contribution < -0.4 is 9.62 Å². The minimum atomic E-state index is -3.80. The number of carbonyl (C=O) groups excluding carboxylic acids is 2. The van der Waals surface area contributed by atoms with E-state index in [4.69, 9.17) is 0 Å². The topological polar surface area (TPSA) is 83.6 Å². The number of carbonyl (C=O) groups is 2. The molecule has 0 radical (unpaired) electrons. The molecule has 1 aromatic rings. The number of hydrogen-bond donors (Lipinski definition) is 2. The SMILES string of the molecule is C=CCS(=O)(=O)NC(=O)C1Cc2ccccc2N1C(=O)C(C)CS. The highest BCUT2D eigenvalue weighted by Gasteiger charge is 2.40. The number of thiol groups is 1. The summed E-state index contributed by atoms with van der Waals surface area (Å²) < 4.78 is 25.7. The molecule has 0 fully saturated rings. The minimum absolute atomic E-state index is 0.254. The normalized spacial score (nSPS) is 17.9. The van der Waals surface area contributed by atoms with E-state index in [0.29, 0.717) is 11.4 Å². The van der Waals surface area contributed by atoms with E-state index in [9.17, 15) is 18.0 Å². The predicted octanol–water partition coefficient (Wildman–Crippen LogP) is 1.14. The molecule has 2 amide bonds. The maximum atomic E-state index is 12.7. The first kappa shape index (κ1) is 18.5. The smallest absolute Gasteiger partial charge is 0.256 e. The molecule has 1 aliphatic heterocycles. The highest BCUT2D eigenvalue weighted by Crippen LogP contribution is 2.33. The minimum Gasteiger partial charge on any atom is -0.299 e. The van der Waals surface area contributed by atoms with E-state index in [2.05, 4.69) is 19.2 Å². The van der Waals surface area contributed by atoms with E-state index >= 15 is 0 Å². The van der Waals surface area contributed by atoms with Gasteiger partial charge < -0.3 is 0 Å². The zero-order valence-corrected chi connectivity index (χ0v) is 15.0. The summed E-state index contributed by atoms with van der Waals surface area (Å²) in [5.74, 6) is -1.39. The molecule has 24 heavy (non-hydrogen) atoms. The van der Waals surface area contributed by atoms with Crippen molar-refractivity contribution in [2.45, 2.75) is 19.4 Å². The van der Waals surface area contributed by atoms with Crippen LogP contribution in [-0.2, 0) is 26.0 Å². The van der Waals surface area contributed by atoms with Gasteiger partial charge >= 0.3 is 0 Å². The molecule has 0 aliphatic carbocycles. The van der Waals surface area contributed by atoms with Gasteiger partial charge in [0.2, 0.25) is 15.9 Å². The Kier molecular flexibility index (Phi) is 5.71. The summed E-state index contributed by atoms with van der Waals surface area (Å²) in [5.41, 5.74) is 1.47. The molecule has 2 unspecified atom stereocenters. The molecule has 0 saturated heterocycles. The van der Waals surface area contributed by atoms with Crippen LogP contribution in [0.1, 0.15) is 12.5 Å². The summed E-state index contributed by atoms with van der Waals surface area (Å²) in [6.45, 7) is 5.08. The highest BCUT2D eigenvalue weighted by molar-refractivity contribution is 7.90. The maximum Gasteiger partial charge on any atom is 0.256 e. The summed E-state index contributed by atoms with van der Waals surface area (Å²) >= 11 is 4.14. The van der Waals surface area contributed by atoms with Crippen LogP contribution in [0.5, 0.6) is 0 Å². The van der Waals surface area contributed by atoms with Crippen LogP contribution in [0, 0.1) is 5.92 Å². The Hall–Kier alpha value is -1.80. The van der Waals surface area contributed by atoms with Gasteiger partial charge in [-0.15, -0.1) is 6.58 Å². The van der Waals surface area contributed by atoms with Gasteiger partial charge in [0, 0.05) is 23.8 Å². The van der Waals surface area contributed by atoms with Crippen molar-refractivity contribution in [2.24, 2.45) is 5.92 Å². The molecule has 8 heteroatoms. The molecule has 6 nitrogen and oxygen atoms in total. The second kappa shape index (κ2) is 7.40. The number of rotatable bonds is 6. The van der Waals surface area contributed by atoms with Crippen LogP contribution in [0.25, 0.3) is 0 Å². The fraction of sp³-hybridized carbons (Fsp3) is 0.375. The van der Waals surface area contributed by atoms with E-state index in [1.165, 1.54) is 11.0 Å². The van der Waals surface area contributed by atoms with E-state index < -0.39 is 22.0 Å². The molecule has 1 N–H and O–H groups in total. The molecule has 1 heterocycles. The van der Waals surface area contributed by atoms with Crippen molar-refractivity contribution >= 4 is 40.2 Å². The monoisotopic (exact) mass is 368 g/mol. The quantitative estimate of drug-likeness (QED) is 0.583. The molecule has 2 atom stereocenters. The first-order valence-electron chi connectivity index (χ1n) is 7.47. The highest BCUT2D eigenvalue weighted by atomic mass is 32.2. The van der Waals surface area contributed by atoms with Gasteiger partial charge in [-0.3, -0.25) is 19.2 Å². The molecule has 2 rings (SSSR count). The molecular formula is C16H20N2O4S2. The average molecular weight is 368 g/mol. The largest absolute Gasteiger partial charge is 0.299 e. The second-order valence-electron chi connectivity index (χ2n) is 5.68. The first-order valence-corrected chi connectivity index (χ1v) is 9.76. The van der Waals surface area contributed by atoms with E-state index in [1.807, 2.05) is 16.9 Å². The molecule has 1 aliphatic rings. The van der Waals surface area contributed by atoms with Gasteiger partial charge in [-0.05, 0) is 11.6 Å². The van der Waals surface area contributed by atoms with E-state index in [1.54, 1.807) is 19.1 Å². The molecule has 0 saturated carbocycles. The van der Waals surface area contributed by atoms with Crippen LogP contribution in [0.4, 0.5) is 5.69 Å². The Morgan fingerprint density at radius 1 is 1.46 bits per heavy atom. The summed E-state index contributed by atoms with van der Waals surface area (Å²) in [5, 5.41) is 0. The molecule has 0 spiro atoms. The second-order valence-corrected chi connectivity index (χ2v) is 7.81. The standard InChI is InChI=1S/C16H20N2O4S2/c1-3-8-24(21,22)17-15(19)14-9-12-6-4-5-7-13(12)18(14)16(20)11(2)10-23/h3-7,11,14,23H,1,8-10H2,2H3,(H,17,19). The lowest BCUT2D eigenvalue weighted by Crippen LogP contribution is -2.51. The Bertz CT molecular complexity index is 761. The summed E-state index contributed by atoms with van der Waals surface area (Å²) in [7, 11) is -3.80. The van der Waals surface area contributed by atoms with Crippen molar-refractivity contribution in [1.29, 1.82) is 0 Å². The van der Waals surface area contributed by atoms with Gasteiger partial charge in [0.05, 0.1) is 5.75 Å². The lowest BCUT2D eigenvalue weighted by molar-refractivity contribution is -0.126. The molecule has 1 aromatic carbocycles. The number of nitrogens with zero attached hydrogens (tertiary/aromatic N) is 1. The van der Waals surface area contributed by atoms with Crippen LogP contribution in [0.3, 0.4) is 0 Å². The summed E-state index contributed by atoms with van der Waals surface area (Å²) in [4.78, 5) is 26.6. The zero-order chi connectivity index (χ0) is 17.9. The van der Waals surface area contributed by atoms with Crippen molar-refractivity contribution in [1.82, 2.24) is 4.72 Å². The third-order valence-corrected chi connectivity index (χ3v) is 5.54. The first-order chi connectivity index (χ1) is 11.3. The molecule has 0 bridgehead atoms. The molecule has 0 aromatic heterocycles. The van der Waals surface area contributed by atoms with Crippen LogP contribution in [-0.4, -0.2) is 37.8 Å². The Labute approximate surface area is 147 Å². The van der Waals surface area contributed by atoms with Crippen molar-refractivity contribution in [3.63, 3.8) is 0 Å². The fourth-order valence-electron chi connectivity index (χ4n) is 2.60. The lowest BCUT2D eigenvalue weighted by atomic mass is 10.1. The third-order valence-electron chi connectivity index (χ3n) is 3.80. The van der Waals surface area contributed by atoms with Crippen LogP contribution in [0.15, 0.2) is 36.9 Å². The van der Waals surface area contributed by atoms with E-state index in [0.717, 1.165) is 5.56 Å². The predicted molar refractivity (Wildman–Crippen MR) is 96.6 cm³/mol. The number of hydrogen-bond acceptors (Lipinski definition) is 5. The Morgan fingerprint density at radius 2 is 2.12 bits per heavy atom. The Morgan fingerprint density at radius 3 is 2.75 bits per heavy atom. The van der Waals surface area contributed by atoms with E-state index in [-0.39, 0.29) is 24.0 Å². The molecular weight excluding hydrogens is 348 g/mol. The number of fused-ring (bicyclic) bond motifs is 1. The van der Waals surface area contributed by atoms with Crippen molar-refractivity contribution < 1.29 is 18.0 Å². The number of anilines is 1. The number of para-hydroxylation sites is 1. The number of sulfonamides is 1. The fourth-order valence-corrected chi connectivity index (χ4v) is 3.59. The van der Waals surface area contributed by atoms with Crippen LogP contribution >= 0.6 is 12.6 Å². The van der Waals surface area contributed by atoms with Gasteiger partial charge in [0.25, 0.3) is 5.91 Å². The summed E-state index contributed by atoms with van der Waals surface area (Å²) in [6.07, 6.45) is 1.47. The molecule has 130 valence electrons. The Balaban J connectivity index is 2.33. The van der Waals surface area contributed by atoms with Crippen molar-refractivity contribution in [3.8, 4) is 0 Å². The summed E-state index contributed by atoms with van der Waals surface area (Å²) in [6, 6.07) is 6.28. The van der Waals surface area contributed by atoms with Crippen LogP contribution in [0.2, 0.25) is 0 Å². The van der Waals surface area contributed by atoms with Crippen molar-refractivity contribution in [2.75, 3.05) is 16.4 Å². The zero-order valence-electron chi connectivity index (χ0n) is 13.3. The average Bonchev–Trinajstić information content (AvgIpc) is 2.92. The third kappa shape index (κ3) is 3.81. The van der Waals surface area contributed by atoms with Gasteiger partial charge in [-0.1, -0.05) is 31.2 Å². The van der Waals surface area contributed by atoms with Gasteiger partial charge in [0.1, 0.15) is 6.04 Å². The van der Waals surface area contributed by atoms with Crippen molar-refractivity contribution in [3.05, 3.63) is 42.5 Å². The van der Waals surface area contributed by atoms with Gasteiger partial charge in [0.15, 0.2) is 0 Å². The van der Waals surface area contributed by atoms with Gasteiger partial charge in [-0.2, -0.15) is 12.6 Å². The number of benzene rings is 1. The lowest BCUT2D eigenvalue weighted by Gasteiger charge is -2.27. The number of nitrogens with one attached hydrogen (secondary N) is 1. The van der Waals surface area contributed by atoms with Gasteiger partial charge in [-0.25, -0.2) is 8.42 Å².